The van der Waals surface area contributed by atoms with Crippen molar-refractivity contribution < 1.29 is 13.2 Å². The largest absolute Gasteiger partial charge is 0.298 e. The van der Waals surface area contributed by atoms with Gasteiger partial charge in [0.1, 0.15) is 6.33 Å². The van der Waals surface area contributed by atoms with Gasteiger partial charge in [-0.15, -0.1) is 5.10 Å². The second-order valence-corrected chi connectivity index (χ2v) is 7.97. The first kappa shape index (κ1) is 17.2. The zero-order valence-corrected chi connectivity index (χ0v) is 14.3. The van der Waals surface area contributed by atoms with Crippen LogP contribution in [-0.4, -0.2) is 41.0 Å². The van der Waals surface area contributed by atoms with Gasteiger partial charge in [0.15, 0.2) is 5.78 Å². The average molecular weight is 337 g/mol. The average Bonchev–Trinajstić information content (AvgIpc) is 2.97. The Morgan fingerprint density at radius 2 is 2.00 bits per heavy atom. The molecule has 8 nitrogen and oxygen atoms in total. The van der Waals surface area contributed by atoms with Crippen molar-refractivity contribution in [1.29, 1.82) is 0 Å². The van der Waals surface area contributed by atoms with E-state index in [4.69, 9.17) is 0 Å². The summed E-state index contributed by atoms with van der Waals surface area (Å²) in [5.41, 5.74) is 0.782. The van der Waals surface area contributed by atoms with Crippen LogP contribution in [0.5, 0.6) is 0 Å². The predicted octanol–water partition coefficient (Wildman–Crippen LogP) is 0.864. The predicted molar refractivity (Wildman–Crippen MR) is 83.5 cm³/mol. The summed E-state index contributed by atoms with van der Waals surface area (Å²) in [7, 11) is -3.76. The molecule has 0 aliphatic rings. The Morgan fingerprint density at radius 3 is 2.52 bits per heavy atom. The molecule has 0 unspecified atom stereocenters. The van der Waals surface area contributed by atoms with E-state index < -0.39 is 15.4 Å². The molecule has 0 saturated heterocycles. The van der Waals surface area contributed by atoms with E-state index in [-0.39, 0.29) is 17.2 Å². The molecule has 0 saturated carbocycles. The maximum Gasteiger partial charge on any atom is 0.240 e. The van der Waals surface area contributed by atoms with Crippen molar-refractivity contribution in [2.45, 2.75) is 32.6 Å². The zero-order valence-electron chi connectivity index (χ0n) is 13.4. The topological polar surface area (TPSA) is 107 Å². The van der Waals surface area contributed by atoms with Gasteiger partial charge >= 0.3 is 0 Å². The number of Topliss-reactive ketones (excluding diaryl/α,β-unsaturated/α-hetero) is 1. The fraction of sp³-hybridized carbons (Fsp3) is 0.429. The Labute approximate surface area is 134 Å². The number of nitrogens with one attached hydrogen (secondary N) is 1. The van der Waals surface area contributed by atoms with Crippen LogP contribution in [0.25, 0.3) is 5.69 Å². The van der Waals surface area contributed by atoms with Crippen LogP contribution < -0.4 is 4.72 Å². The molecule has 0 aliphatic carbocycles. The van der Waals surface area contributed by atoms with E-state index in [1.165, 1.54) is 23.1 Å². The summed E-state index contributed by atoms with van der Waals surface area (Å²) < 4.78 is 28.4. The van der Waals surface area contributed by atoms with Crippen LogP contribution >= 0.6 is 0 Å². The first-order valence-electron chi connectivity index (χ1n) is 6.98. The lowest BCUT2D eigenvalue weighted by Crippen LogP contribution is -2.35. The Hall–Kier alpha value is -2.13. The molecule has 0 fully saturated rings. The molecule has 23 heavy (non-hydrogen) atoms. The lowest BCUT2D eigenvalue weighted by molar-refractivity contribution is -0.125. The first-order valence-corrected chi connectivity index (χ1v) is 8.46. The van der Waals surface area contributed by atoms with Crippen molar-refractivity contribution in [1.82, 2.24) is 24.9 Å². The second kappa shape index (κ2) is 6.17. The number of nitrogens with zero attached hydrogens (tertiary/aromatic N) is 4. The Bertz CT molecular complexity index is 807. The third-order valence-corrected chi connectivity index (χ3v) is 4.73. The van der Waals surface area contributed by atoms with Gasteiger partial charge in [-0.3, -0.25) is 4.79 Å². The minimum absolute atomic E-state index is 0.0912. The number of aromatic nitrogens is 4. The zero-order chi connectivity index (χ0) is 17.3. The quantitative estimate of drug-likeness (QED) is 0.867. The highest BCUT2D eigenvalue weighted by atomic mass is 32.2. The molecule has 0 spiro atoms. The molecule has 9 heteroatoms. The molecule has 1 N–H and O–H groups in total. The summed E-state index contributed by atoms with van der Waals surface area (Å²) in [6.45, 7) is 6.76. The number of carbonyl (C=O) groups is 1. The van der Waals surface area contributed by atoms with E-state index in [9.17, 15) is 13.2 Å². The van der Waals surface area contributed by atoms with Crippen LogP contribution in [0.4, 0.5) is 0 Å². The maximum absolute atomic E-state index is 12.3. The molecular weight excluding hydrogens is 318 g/mol. The van der Waals surface area contributed by atoms with Gasteiger partial charge in [-0.2, -0.15) is 0 Å². The van der Waals surface area contributed by atoms with E-state index in [2.05, 4.69) is 20.2 Å². The molecule has 2 aromatic rings. The number of rotatable bonds is 5. The highest BCUT2D eigenvalue weighted by molar-refractivity contribution is 7.89. The van der Waals surface area contributed by atoms with Crippen molar-refractivity contribution in [2.75, 3.05) is 6.54 Å². The van der Waals surface area contributed by atoms with Gasteiger partial charge in [0.25, 0.3) is 0 Å². The number of hydrogen-bond donors (Lipinski definition) is 1. The van der Waals surface area contributed by atoms with Gasteiger partial charge in [0, 0.05) is 5.41 Å². The SMILES string of the molecule is Cc1cc(S(=O)(=O)NCC(=O)C(C)(C)C)ccc1-n1cnnn1. The Balaban J connectivity index is 2.21. The van der Waals surface area contributed by atoms with Gasteiger partial charge in [0.2, 0.25) is 10.0 Å². The first-order chi connectivity index (χ1) is 10.6. The van der Waals surface area contributed by atoms with Crippen LogP contribution in [0.1, 0.15) is 26.3 Å². The lowest BCUT2D eigenvalue weighted by atomic mass is 9.91. The van der Waals surface area contributed by atoms with Crippen molar-refractivity contribution in [3.05, 3.63) is 30.1 Å². The third kappa shape index (κ3) is 3.99. The molecule has 0 amide bonds. The molecule has 0 aliphatic heterocycles. The van der Waals surface area contributed by atoms with Crippen LogP contribution in [0.2, 0.25) is 0 Å². The number of hydrogen-bond acceptors (Lipinski definition) is 6. The van der Waals surface area contributed by atoms with E-state index >= 15 is 0 Å². The molecule has 0 radical (unpaired) electrons. The Morgan fingerprint density at radius 1 is 1.30 bits per heavy atom. The number of benzene rings is 1. The summed E-state index contributed by atoms with van der Waals surface area (Å²) >= 11 is 0. The van der Waals surface area contributed by atoms with Gasteiger partial charge in [-0.1, -0.05) is 20.8 Å². The van der Waals surface area contributed by atoms with Crippen LogP contribution in [0, 0.1) is 12.3 Å². The van der Waals surface area contributed by atoms with Crippen LogP contribution in [-0.2, 0) is 14.8 Å². The van der Waals surface area contributed by atoms with Gasteiger partial charge < -0.3 is 0 Å². The van der Waals surface area contributed by atoms with Gasteiger partial charge in [-0.25, -0.2) is 17.8 Å². The monoisotopic (exact) mass is 337 g/mol. The van der Waals surface area contributed by atoms with Crippen molar-refractivity contribution >= 4 is 15.8 Å². The van der Waals surface area contributed by atoms with E-state index in [1.54, 1.807) is 33.8 Å². The van der Waals surface area contributed by atoms with Crippen molar-refractivity contribution in [3.63, 3.8) is 0 Å². The summed E-state index contributed by atoms with van der Waals surface area (Å²) in [5.74, 6) is -0.178. The number of carbonyl (C=O) groups excluding carboxylic acids is 1. The number of aryl methyl sites for hydroxylation is 1. The van der Waals surface area contributed by atoms with Gasteiger partial charge in [-0.05, 0) is 41.1 Å². The second-order valence-electron chi connectivity index (χ2n) is 6.20. The smallest absolute Gasteiger partial charge is 0.240 e. The molecule has 0 atom stereocenters. The van der Waals surface area contributed by atoms with E-state index in [0.29, 0.717) is 11.3 Å². The highest BCUT2D eigenvalue weighted by Gasteiger charge is 2.24. The summed E-state index contributed by atoms with van der Waals surface area (Å²) in [6, 6.07) is 4.58. The van der Waals surface area contributed by atoms with E-state index in [0.717, 1.165) is 0 Å². The highest BCUT2D eigenvalue weighted by Crippen LogP contribution is 2.18. The van der Waals surface area contributed by atoms with Crippen LogP contribution in [0.15, 0.2) is 29.4 Å². The maximum atomic E-state index is 12.3. The lowest BCUT2D eigenvalue weighted by Gasteiger charge is -2.17. The fourth-order valence-corrected chi connectivity index (χ4v) is 2.90. The third-order valence-electron chi connectivity index (χ3n) is 3.33. The standard InChI is InChI=1S/C14H19N5O3S/c1-10-7-11(5-6-12(10)19-9-15-17-18-19)23(21,22)16-8-13(20)14(2,3)4/h5-7,9,16H,8H2,1-4H3. The molecule has 2 rings (SSSR count). The molecule has 0 bridgehead atoms. The number of sulfonamides is 1. The summed E-state index contributed by atoms with van der Waals surface area (Å²) in [5, 5.41) is 10.9. The number of ketones is 1. The summed E-state index contributed by atoms with van der Waals surface area (Å²) in [4.78, 5) is 12.0. The fourth-order valence-electron chi connectivity index (χ4n) is 1.83. The number of tetrazole rings is 1. The van der Waals surface area contributed by atoms with Crippen molar-refractivity contribution in [2.24, 2.45) is 5.41 Å². The van der Waals surface area contributed by atoms with Crippen molar-refractivity contribution in [3.8, 4) is 5.69 Å². The van der Waals surface area contributed by atoms with Gasteiger partial charge in [0.05, 0.1) is 17.1 Å². The minimum atomic E-state index is -3.76. The van der Waals surface area contributed by atoms with E-state index in [1.807, 2.05) is 0 Å². The molecule has 1 heterocycles. The molecule has 1 aromatic carbocycles. The normalized spacial score (nSPS) is 12.3. The summed E-state index contributed by atoms with van der Waals surface area (Å²) in [6.07, 6.45) is 1.43. The van der Waals surface area contributed by atoms with Crippen LogP contribution in [0.3, 0.4) is 0 Å². The molecule has 124 valence electrons. The minimum Gasteiger partial charge on any atom is -0.298 e. The molecule has 1 aromatic heterocycles. The molecular formula is C14H19N5O3S. The Kier molecular flexibility index (Phi) is 4.62.